The van der Waals surface area contributed by atoms with Crippen molar-refractivity contribution in [1.29, 1.82) is 0 Å². The first kappa shape index (κ1) is 19.5. The Labute approximate surface area is 161 Å². The van der Waals surface area contributed by atoms with E-state index in [1.807, 2.05) is 6.92 Å². The van der Waals surface area contributed by atoms with E-state index in [9.17, 15) is 18.8 Å². The summed E-state index contributed by atoms with van der Waals surface area (Å²) >= 11 is 0. The molecule has 146 valence electrons. The molecule has 0 aliphatic carbocycles. The van der Waals surface area contributed by atoms with Gasteiger partial charge >= 0.3 is 5.97 Å². The normalized spacial score (nSPS) is 16.5. The highest BCUT2D eigenvalue weighted by atomic mass is 19.1. The molecule has 0 spiro atoms. The van der Waals surface area contributed by atoms with E-state index in [2.05, 4.69) is 5.32 Å². The lowest BCUT2D eigenvalue weighted by molar-refractivity contribution is -0.149. The maximum absolute atomic E-state index is 13.4. The van der Waals surface area contributed by atoms with Crippen molar-refractivity contribution in [1.82, 2.24) is 0 Å². The van der Waals surface area contributed by atoms with E-state index in [1.165, 1.54) is 19.1 Å². The molecule has 3 rings (SSSR count). The number of halogens is 1. The van der Waals surface area contributed by atoms with Gasteiger partial charge in [0.25, 0.3) is 0 Å². The van der Waals surface area contributed by atoms with Crippen LogP contribution in [0.5, 0.6) is 5.75 Å². The minimum atomic E-state index is -1.03. The monoisotopic (exact) mass is 385 g/mol. The largest absolute Gasteiger partial charge is 0.494 e. The van der Waals surface area contributed by atoms with Crippen molar-refractivity contribution in [2.24, 2.45) is 0 Å². The van der Waals surface area contributed by atoms with Gasteiger partial charge in [-0.15, -0.1) is 0 Å². The summed E-state index contributed by atoms with van der Waals surface area (Å²) in [5.74, 6) is -2.25. The molecule has 0 aromatic heterocycles. The third-order valence-electron chi connectivity index (χ3n) is 4.45. The molecule has 7 heteroatoms. The van der Waals surface area contributed by atoms with Gasteiger partial charge in [-0.2, -0.15) is 0 Å². The predicted octanol–water partition coefficient (Wildman–Crippen LogP) is 3.46. The van der Waals surface area contributed by atoms with Gasteiger partial charge in [0, 0.05) is 17.7 Å². The minimum Gasteiger partial charge on any atom is -0.494 e. The van der Waals surface area contributed by atoms with Crippen LogP contribution in [0, 0.1) is 5.82 Å². The summed E-state index contributed by atoms with van der Waals surface area (Å²) in [6, 6.07) is 10.3. The first-order chi connectivity index (χ1) is 13.4. The number of ketones is 1. The summed E-state index contributed by atoms with van der Waals surface area (Å²) in [5, 5.41) is 2.54. The van der Waals surface area contributed by atoms with Gasteiger partial charge in [-0.05, 0) is 55.8 Å². The molecule has 28 heavy (non-hydrogen) atoms. The van der Waals surface area contributed by atoms with Gasteiger partial charge in [0.15, 0.2) is 6.10 Å². The van der Waals surface area contributed by atoms with Gasteiger partial charge < -0.3 is 14.8 Å². The molecule has 0 saturated carbocycles. The molecule has 1 aliphatic rings. The fourth-order valence-corrected chi connectivity index (χ4v) is 3.07. The first-order valence-corrected chi connectivity index (χ1v) is 8.96. The number of ether oxygens (including phenoxy) is 2. The Hall–Kier alpha value is -3.22. The third-order valence-corrected chi connectivity index (χ3v) is 4.45. The van der Waals surface area contributed by atoms with Crippen molar-refractivity contribution in [3.63, 3.8) is 0 Å². The molecule has 0 bridgehead atoms. The lowest BCUT2D eigenvalue weighted by Gasteiger charge is -2.25. The summed E-state index contributed by atoms with van der Waals surface area (Å²) in [7, 11) is 0. The summed E-state index contributed by atoms with van der Waals surface area (Å²) in [6.07, 6.45) is -1.15. The summed E-state index contributed by atoms with van der Waals surface area (Å²) in [4.78, 5) is 37.0. The molecule has 2 atom stereocenters. The molecule has 1 aliphatic heterocycles. The Balaban J connectivity index is 1.72. The van der Waals surface area contributed by atoms with E-state index < -0.39 is 29.7 Å². The Morgan fingerprint density at radius 3 is 2.61 bits per heavy atom. The Morgan fingerprint density at radius 2 is 1.93 bits per heavy atom. The smallest absolute Gasteiger partial charge is 0.314 e. The zero-order chi connectivity index (χ0) is 20.3. The number of carbonyl (C=O) groups is 3. The Morgan fingerprint density at radius 1 is 1.21 bits per heavy atom. The predicted molar refractivity (Wildman–Crippen MR) is 99.9 cm³/mol. The molecule has 0 fully saturated rings. The van der Waals surface area contributed by atoms with Gasteiger partial charge in [0.1, 0.15) is 11.6 Å². The number of hydrogen-bond acceptors (Lipinski definition) is 5. The van der Waals surface area contributed by atoms with Crippen LogP contribution in [0.2, 0.25) is 0 Å². The number of rotatable bonds is 6. The van der Waals surface area contributed by atoms with Gasteiger partial charge in [0.05, 0.1) is 12.5 Å². The van der Waals surface area contributed by atoms with Crippen molar-refractivity contribution in [2.45, 2.75) is 32.3 Å². The fourth-order valence-electron chi connectivity index (χ4n) is 3.07. The van der Waals surface area contributed by atoms with Crippen LogP contribution in [0.4, 0.5) is 10.1 Å². The second-order valence-corrected chi connectivity index (χ2v) is 6.44. The number of amides is 1. The number of fused-ring (bicyclic) bond motifs is 1. The number of nitrogens with one attached hydrogen (secondary N) is 1. The lowest BCUT2D eigenvalue weighted by atomic mass is 9.90. The number of anilines is 1. The van der Waals surface area contributed by atoms with Gasteiger partial charge in [-0.1, -0.05) is 6.07 Å². The molecule has 1 heterocycles. The molecule has 1 amide bonds. The number of benzene rings is 2. The van der Waals surface area contributed by atoms with Gasteiger partial charge in [-0.25, -0.2) is 4.39 Å². The van der Waals surface area contributed by atoms with E-state index in [0.29, 0.717) is 23.5 Å². The van der Waals surface area contributed by atoms with Crippen LogP contribution in [0.1, 0.15) is 42.1 Å². The molecule has 0 radical (unpaired) electrons. The average molecular weight is 385 g/mol. The van der Waals surface area contributed by atoms with E-state index in [4.69, 9.17) is 9.47 Å². The maximum atomic E-state index is 13.4. The van der Waals surface area contributed by atoms with E-state index >= 15 is 0 Å². The number of hydrogen-bond donors (Lipinski definition) is 1. The van der Waals surface area contributed by atoms with Crippen LogP contribution in [0.15, 0.2) is 42.5 Å². The van der Waals surface area contributed by atoms with Crippen molar-refractivity contribution in [2.75, 3.05) is 11.9 Å². The van der Waals surface area contributed by atoms with Crippen molar-refractivity contribution < 1.29 is 28.2 Å². The van der Waals surface area contributed by atoms with Crippen LogP contribution in [-0.4, -0.2) is 30.4 Å². The van der Waals surface area contributed by atoms with Crippen molar-refractivity contribution in [3.05, 3.63) is 59.4 Å². The molecule has 2 aromatic rings. The van der Waals surface area contributed by atoms with Crippen molar-refractivity contribution in [3.8, 4) is 5.75 Å². The van der Waals surface area contributed by atoms with E-state index in [1.54, 1.807) is 24.3 Å². The molecule has 6 nitrogen and oxygen atoms in total. The minimum absolute atomic E-state index is 0.124. The molecular formula is C21H20FNO5. The highest BCUT2D eigenvalue weighted by Crippen LogP contribution is 2.34. The second kappa shape index (κ2) is 8.21. The quantitative estimate of drug-likeness (QED) is 0.608. The van der Waals surface area contributed by atoms with Gasteiger partial charge in [0.2, 0.25) is 11.7 Å². The number of carbonyl (C=O) groups excluding carboxylic acids is 3. The van der Waals surface area contributed by atoms with Crippen LogP contribution >= 0.6 is 0 Å². The molecule has 1 N–H and O–H groups in total. The summed E-state index contributed by atoms with van der Waals surface area (Å²) in [5.41, 5.74) is 1.09. The number of esters is 1. The first-order valence-electron chi connectivity index (χ1n) is 8.96. The van der Waals surface area contributed by atoms with Crippen LogP contribution in [0.25, 0.3) is 0 Å². The SMILES string of the molecule is CCOc1ccc(C(=O)[C@H](C)OC(=O)[C@H]2CC(=O)Nc3cc(F)ccc32)cc1. The fraction of sp³-hybridized carbons (Fsp3) is 0.286. The molecule has 2 aromatic carbocycles. The molecule has 0 unspecified atom stereocenters. The highest BCUT2D eigenvalue weighted by Gasteiger charge is 2.34. The topological polar surface area (TPSA) is 81.7 Å². The van der Waals surface area contributed by atoms with Crippen LogP contribution in [0.3, 0.4) is 0 Å². The third kappa shape index (κ3) is 4.19. The molecular weight excluding hydrogens is 365 g/mol. The number of Topliss-reactive ketones (excluding diaryl/α,β-unsaturated/α-hetero) is 1. The maximum Gasteiger partial charge on any atom is 0.314 e. The van der Waals surface area contributed by atoms with E-state index in [0.717, 1.165) is 6.07 Å². The second-order valence-electron chi connectivity index (χ2n) is 6.44. The Kier molecular flexibility index (Phi) is 5.73. The zero-order valence-electron chi connectivity index (χ0n) is 15.5. The zero-order valence-corrected chi connectivity index (χ0v) is 15.5. The van der Waals surface area contributed by atoms with Gasteiger partial charge in [-0.3, -0.25) is 14.4 Å². The van der Waals surface area contributed by atoms with Crippen molar-refractivity contribution >= 4 is 23.3 Å². The standard InChI is InChI=1S/C21H20FNO5/c1-3-27-15-7-4-13(5-8-15)20(25)12(2)28-21(26)17-11-19(24)23-18-10-14(22)6-9-16(17)18/h4-10,12,17H,3,11H2,1-2H3,(H,23,24)/t12-,17-/m0/s1. The lowest BCUT2D eigenvalue weighted by Crippen LogP contribution is -2.32. The summed E-state index contributed by atoms with van der Waals surface area (Å²) < 4.78 is 24.1. The van der Waals surface area contributed by atoms with Crippen LogP contribution < -0.4 is 10.1 Å². The summed E-state index contributed by atoms with van der Waals surface area (Å²) in [6.45, 7) is 3.85. The van der Waals surface area contributed by atoms with E-state index in [-0.39, 0.29) is 17.9 Å². The average Bonchev–Trinajstić information content (AvgIpc) is 2.67. The molecule has 0 saturated heterocycles. The van der Waals surface area contributed by atoms with Crippen LogP contribution in [-0.2, 0) is 14.3 Å². The Bertz CT molecular complexity index is 910. The highest BCUT2D eigenvalue weighted by molar-refractivity contribution is 6.02.